The second-order valence-corrected chi connectivity index (χ2v) is 5.65. The van der Waals surface area contributed by atoms with E-state index in [9.17, 15) is 9.18 Å². The van der Waals surface area contributed by atoms with Crippen LogP contribution in [-0.2, 0) is 14.3 Å². The number of carbonyl (C=O) groups is 1. The molecule has 6 nitrogen and oxygen atoms in total. The van der Waals surface area contributed by atoms with Gasteiger partial charge in [-0.25, -0.2) is 9.37 Å². The van der Waals surface area contributed by atoms with Crippen molar-refractivity contribution in [3.63, 3.8) is 0 Å². The van der Waals surface area contributed by atoms with Gasteiger partial charge in [0.05, 0.1) is 18.8 Å². The number of aromatic nitrogens is 1. The van der Waals surface area contributed by atoms with Crippen molar-refractivity contribution < 1.29 is 23.4 Å². The first-order valence-electron chi connectivity index (χ1n) is 7.96. The van der Waals surface area contributed by atoms with Crippen molar-refractivity contribution in [2.24, 2.45) is 0 Å². The molecule has 1 saturated heterocycles. The quantitative estimate of drug-likeness (QED) is 0.819. The Balaban J connectivity index is 1.76. The molecule has 3 rings (SSSR count). The molecule has 0 radical (unpaired) electrons. The fourth-order valence-corrected chi connectivity index (χ4v) is 3.21. The maximum absolute atomic E-state index is 13.8. The minimum absolute atomic E-state index is 0.0440. The van der Waals surface area contributed by atoms with Gasteiger partial charge in [-0.1, -0.05) is 0 Å². The first kappa shape index (κ1) is 16.1. The Morgan fingerprint density at radius 1 is 1.52 bits per heavy atom. The molecule has 0 unspecified atom stereocenters. The Bertz CT molecular complexity index is 557. The summed E-state index contributed by atoms with van der Waals surface area (Å²) in [4.78, 5) is 18.0. The molecular weight excluding hydrogens is 303 g/mol. The van der Waals surface area contributed by atoms with Crippen LogP contribution in [0.5, 0.6) is 5.88 Å². The number of halogens is 1. The number of fused-ring (bicyclic) bond motifs is 2. The lowest BCUT2D eigenvalue weighted by atomic mass is 10.1. The molecule has 1 saturated carbocycles. The van der Waals surface area contributed by atoms with E-state index in [0.29, 0.717) is 19.8 Å². The molecule has 1 aromatic heterocycles. The van der Waals surface area contributed by atoms with Crippen molar-refractivity contribution in [3.8, 4) is 5.88 Å². The largest absolute Gasteiger partial charge is 0.467 e. The third kappa shape index (κ3) is 3.45. The van der Waals surface area contributed by atoms with Crippen LogP contribution in [0, 0.1) is 5.82 Å². The van der Waals surface area contributed by atoms with Crippen LogP contribution in [0.15, 0.2) is 18.3 Å². The summed E-state index contributed by atoms with van der Waals surface area (Å²) < 4.78 is 30.6. The molecule has 2 aliphatic rings. The number of nitrogens with zero attached hydrogens (tertiary/aromatic N) is 2. The summed E-state index contributed by atoms with van der Waals surface area (Å²) in [6, 6.07) is 2.68. The zero-order chi connectivity index (χ0) is 16.2. The van der Waals surface area contributed by atoms with Gasteiger partial charge in [0.25, 0.3) is 5.88 Å². The fourth-order valence-electron chi connectivity index (χ4n) is 3.21. The van der Waals surface area contributed by atoms with E-state index in [2.05, 4.69) is 4.98 Å². The van der Waals surface area contributed by atoms with E-state index in [1.165, 1.54) is 18.3 Å². The highest BCUT2D eigenvalue weighted by Crippen LogP contribution is 2.33. The maximum atomic E-state index is 13.8. The number of rotatable bonds is 5. The standard InChI is InChI=1S/C16H21FN2O4/c1-2-21-10-14(20)19-8-9-22-13-6-5-12(19)15(13)23-16-11(17)4-3-7-18-16/h3-4,7,12-13,15H,2,5-6,8-10H2,1H3/t12-,13-,15-/m0/s1. The van der Waals surface area contributed by atoms with Crippen LogP contribution in [0.25, 0.3) is 0 Å². The van der Waals surface area contributed by atoms with Crippen LogP contribution in [-0.4, -0.2) is 60.4 Å². The normalized spacial score (nSPS) is 26.9. The molecule has 126 valence electrons. The lowest BCUT2D eigenvalue weighted by molar-refractivity contribution is -0.139. The maximum Gasteiger partial charge on any atom is 0.250 e. The minimum Gasteiger partial charge on any atom is -0.467 e. The molecule has 2 bridgehead atoms. The van der Waals surface area contributed by atoms with Gasteiger partial charge in [-0.15, -0.1) is 0 Å². The van der Waals surface area contributed by atoms with Gasteiger partial charge in [-0.3, -0.25) is 4.79 Å². The predicted octanol–water partition coefficient (Wildman–Crippen LogP) is 1.39. The van der Waals surface area contributed by atoms with Crippen LogP contribution in [0.3, 0.4) is 0 Å². The minimum atomic E-state index is -0.511. The van der Waals surface area contributed by atoms with Crippen molar-refractivity contribution in [1.29, 1.82) is 0 Å². The second-order valence-electron chi connectivity index (χ2n) is 5.65. The summed E-state index contributed by atoms with van der Waals surface area (Å²) in [7, 11) is 0. The predicted molar refractivity (Wildman–Crippen MR) is 79.6 cm³/mol. The van der Waals surface area contributed by atoms with Crippen LogP contribution in [0.2, 0.25) is 0 Å². The summed E-state index contributed by atoms with van der Waals surface area (Å²) >= 11 is 0. The van der Waals surface area contributed by atoms with Gasteiger partial charge in [0.2, 0.25) is 5.91 Å². The third-order valence-electron chi connectivity index (χ3n) is 4.28. The van der Waals surface area contributed by atoms with E-state index in [1.54, 1.807) is 4.90 Å². The smallest absolute Gasteiger partial charge is 0.250 e. The average molecular weight is 324 g/mol. The van der Waals surface area contributed by atoms with E-state index >= 15 is 0 Å². The molecule has 0 N–H and O–H groups in total. The van der Waals surface area contributed by atoms with Crippen molar-refractivity contribution in [2.45, 2.75) is 38.0 Å². The van der Waals surface area contributed by atoms with Gasteiger partial charge in [-0.2, -0.15) is 0 Å². The molecular formula is C16H21FN2O4. The van der Waals surface area contributed by atoms with Gasteiger partial charge in [-0.05, 0) is 31.9 Å². The third-order valence-corrected chi connectivity index (χ3v) is 4.28. The lowest BCUT2D eigenvalue weighted by Gasteiger charge is -2.31. The molecule has 7 heteroatoms. The number of hydrogen-bond donors (Lipinski definition) is 0. The van der Waals surface area contributed by atoms with Gasteiger partial charge in [0.1, 0.15) is 12.7 Å². The highest BCUT2D eigenvalue weighted by molar-refractivity contribution is 5.78. The molecule has 1 aliphatic carbocycles. The van der Waals surface area contributed by atoms with Crippen LogP contribution in [0.4, 0.5) is 4.39 Å². The summed E-state index contributed by atoms with van der Waals surface area (Å²) in [6.07, 6.45) is 2.47. The topological polar surface area (TPSA) is 60.9 Å². The highest BCUT2D eigenvalue weighted by Gasteiger charge is 2.45. The van der Waals surface area contributed by atoms with Crippen molar-refractivity contribution in [2.75, 3.05) is 26.4 Å². The van der Waals surface area contributed by atoms with E-state index in [-0.39, 0.29) is 30.5 Å². The van der Waals surface area contributed by atoms with E-state index < -0.39 is 11.9 Å². The zero-order valence-electron chi connectivity index (χ0n) is 13.1. The molecule has 0 spiro atoms. The SMILES string of the molecule is CCOCC(=O)N1CCO[C@H]2CC[C@H]1[C@@H]2Oc1ncccc1F. The van der Waals surface area contributed by atoms with Crippen molar-refractivity contribution in [3.05, 3.63) is 24.1 Å². The van der Waals surface area contributed by atoms with E-state index in [0.717, 1.165) is 12.8 Å². The van der Waals surface area contributed by atoms with Crippen molar-refractivity contribution in [1.82, 2.24) is 9.88 Å². The average Bonchev–Trinajstić information content (AvgIpc) is 2.83. The van der Waals surface area contributed by atoms with Crippen LogP contribution >= 0.6 is 0 Å². The van der Waals surface area contributed by atoms with Gasteiger partial charge >= 0.3 is 0 Å². The van der Waals surface area contributed by atoms with Gasteiger partial charge in [0.15, 0.2) is 5.82 Å². The summed E-state index contributed by atoms with van der Waals surface area (Å²) in [5.41, 5.74) is 0. The molecule has 0 aromatic carbocycles. The number of carbonyl (C=O) groups excluding carboxylic acids is 1. The number of amides is 1. The first-order valence-corrected chi connectivity index (χ1v) is 7.96. The highest BCUT2D eigenvalue weighted by atomic mass is 19.1. The Morgan fingerprint density at radius 2 is 2.39 bits per heavy atom. The summed E-state index contributed by atoms with van der Waals surface area (Å²) in [6.45, 7) is 3.33. The Hall–Kier alpha value is -1.73. The molecule has 1 aliphatic heterocycles. The molecule has 2 heterocycles. The number of pyridine rings is 1. The Labute approximate surface area is 134 Å². The number of hydrogen-bond acceptors (Lipinski definition) is 5. The molecule has 23 heavy (non-hydrogen) atoms. The molecule has 1 amide bonds. The molecule has 3 atom stereocenters. The fraction of sp³-hybridized carbons (Fsp3) is 0.625. The Kier molecular flexibility index (Phi) is 5.07. The molecule has 2 fully saturated rings. The van der Waals surface area contributed by atoms with Crippen LogP contribution < -0.4 is 4.74 Å². The lowest BCUT2D eigenvalue weighted by Crippen LogP contribution is -2.49. The first-order chi connectivity index (χ1) is 11.2. The second kappa shape index (κ2) is 7.23. The summed E-state index contributed by atoms with van der Waals surface area (Å²) in [5.74, 6) is -0.640. The van der Waals surface area contributed by atoms with Gasteiger partial charge < -0.3 is 19.1 Å². The van der Waals surface area contributed by atoms with E-state index in [4.69, 9.17) is 14.2 Å². The molecule has 1 aromatic rings. The summed E-state index contributed by atoms with van der Waals surface area (Å²) in [5, 5.41) is 0. The van der Waals surface area contributed by atoms with E-state index in [1.807, 2.05) is 6.92 Å². The van der Waals surface area contributed by atoms with Gasteiger partial charge in [0, 0.05) is 19.3 Å². The Morgan fingerprint density at radius 3 is 3.17 bits per heavy atom. The monoisotopic (exact) mass is 324 g/mol. The van der Waals surface area contributed by atoms with Crippen LogP contribution in [0.1, 0.15) is 19.8 Å². The zero-order valence-corrected chi connectivity index (χ0v) is 13.1. The van der Waals surface area contributed by atoms with Crippen molar-refractivity contribution >= 4 is 5.91 Å². The number of ether oxygens (including phenoxy) is 3.